The van der Waals surface area contributed by atoms with Crippen molar-refractivity contribution >= 4 is 46.0 Å². The minimum absolute atomic E-state index is 0.0497. The third kappa shape index (κ3) is 7.42. The maximum Gasteiger partial charge on any atom is 0.262 e. The largest absolute Gasteiger partial charge is 0.488 e. The molecule has 1 aliphatic carbocycles. The molecular formula is C46H48N8O5. The van der Waals surface area contributed by atoms with Crippen LogP contribution in [0.3, 0.4) is 0 Å². The van der Waals surface area contributed by atoms with Gasteiger partial charge in [0.05, 0.1) is 22.3 Å². The highest BCUT2D eigenvalue weighted by Gasteiger charge is 2.45. The number of amides is 4. The Morgan fingerprint density at radius 3 is 2.19 bits per heavy atom. The smallest absolute Gasteiger partial charge is 0.262 e. The van der Waals surface area contributed by atoms with E-state index in [0.29, 0.717) is 23.0 Å². The summed E-state index contributed by atoms with van der Waals surface area (Å²) in [6.07, 6.45) is 10.4. The van der Waals surface area contributed by atoms with Gasteiger partial charge in [-0.2, -0.15) is 5.10 Å². The normalized spacial score (nSPS) is 21.0. The number of H-pyrrole nitrogens is 1. The van der Waals surface area contributed by atoms with Crippen LogP contribution < -0.4 is 19.9 Å². The lowest BCUT2D eigenvalue weighted by molar-refractivity contribution is -0.136. The number of nitrogens with one attached hydrogen (secondary N) is 2. The molecule has 4 aliphatic heterocycles. The third-order valence-electron chi connectivity index (χ3n) is 13.1. The van der Waals surface area contributed by atoms with Crippen molar-refractivity contribution in [2.45, 2.75) is 82.8 Å². The number of anilines is 2. The van der Waals surface area contributed by atoms with Gasteiger partial charge < -0.3 is 14.5 Å². The van der Waals surface area contributed by atoms with Crippen LogP contribution in [0.25, 0.3) is 22.3 Å². The van der Waals surface area contributed by atoms with Crippen LogP contribution in [0.5, 0.6) is 5.75 Å². The summed E-state index contributed by atoms with van der Waals surface area (Å²) in [7, 11) is 0. The predicted octanol–water partition coefficient (Wildman–Crippen LogP) is 6.27. The molecule has 4 amide bonds. The van der Waals surface area contributed by atoms with E-state index < -0.39 is 23.8 Å². The molecule has 1 unspecified atom stereocenters. The molecule has 0 radical (unpaired) electrons. The quantitative estimate of drug-likeness (QED) is 0.155. The van der Waals surface area contributed by atoms with E-state index in [0.717, 1.165) is 122 Å². The molecule has 4 fully saturated rings. The SMILES string of the molecule is CC1(Oc2ccc3[nH]nc(-c4cc(N5CCC(Cc6cccc(CC7CCN(c8ccc9c(c8)C(=O)N(C8CCC(=O)NC8=O)C9=O)CC7)c6)CC5)ncn4)c3c2)CC1. The lowest BCUT2D eigenvalue weighted by atomic mass is 9.87. The third-order valence-corrected chi connectivity index (χ3v) is 13.1. The van der Waals surface area contributed by atoms with Gasteiger partial charge in [0.2, 0.25) is 11.8 Å². The molecule has 13 heteroatoms. The first-order chi connectivity index (χ1) is 28.7. The number of rotatable bonds is 10. The Labute approximate surface area is 342 Å². The Hall–Kier alpha value is -6.11. The zero-order chi connectivity index (χ0) is 40.3. The highest BCUT2D eigenvalue weighted by atomic mass is 16.5. The zero-order valence-corrected chi connectivity index (χ0v) is 33.3. The number of hydrogen-bond donors (Lipinski definition) is 2. The van der Waals surface area contributed by atoms with Crippen LogP contribution in [0.1, 0.15) is 90.1 Å². The summed E-state index contributed by atoms with van der Waals surface area (Å²) < 4.78 is 6.23. The first kappa shape index (κ1) is 37.2. The Morgan fingerprint density at radius 1 is 0.763 bits per heavy atom. The van der Waals surface area contributed by atoms with Gasteiger partial charge in [-0.25, -0.2) is 9.97 Å². The van der Waals surface area contributed by atoms with Crippen LogP contribution in [0.4, 0.5) is 11.5 Å². The summed E-state index contributed by atoms with van der Waals surface area (Å²) in [6, 6.07) is 21.7. The van der Waals surface area contributed by atoms with E-state index in [9.17, 15) is 19.2 Å². The molecule has 1 saturated carbocycles. The van der Waals surface area contributed by atoms with E-state index in [1.807, 2.05) is 18.2 Å². The number of hydrogen-bond acceptors (Lipinski definition) is 10. The lowest BCUT2D eigenvalue weighted by Crippen LogP contribution is -2.54. The molecule has 3 aromatic carbocycles. The van der Waals surface area contributed by atoms with Crippen molar-refractivity contribution in [3.63, 3.8) is 0 Å². The second kappa shape index (κ2) is 14.9. The molecule has 6 heterocycles. The zero-order valence-electron chi connectivity index (χ0n) is 33.3. The molecule has 2 N–H and O–H groups in total. The molecule has 13 nitrogen and oxygen atoms in total. The number of nitrogens with zero attached hydrogens (tertiary/aromatic N) is 6. The second-order valence-corrected chi connectivity index (χ2v) is 17.4. The summed E-state index contributed by atoms with van der Waals surface area (Å²) in [5.74, 6) is 1.05. The van der Waals surface area contributed by atoms with Crippen LogP contribution in [-0.2, 0) is 22.4 Å². The Balaban J connectivity index is 0.718. The standard InChI is InChI=1S/C46H48N8O5/c1-46(15-16-46)59-33-6-8-37-36(25-33)42(51-50-37)38-26-40(48-27-47-38)53-19-13-29(14-20-53)22-31-4-2-3-30(23-31)21-28-11-17-52(18-12-28)32-5-7-34-35(24-32)45(58)54(44(34)57)39-9-10-41(55)49-43(39)56/h2-8,23-29,39H,9-22H2,1H3,(H,50,51)(H,49,55,56). The number of carbonyl (C=O) groups excluding carboxylic acids is 4. The maximum atomic E-state index is 13.4. The molecule has 0 bridgehead atoms. The lowest BCUT2D eigenvalue weighted by Gasteiger charge is -2.34. The predicted molar refractivity (Wildman–Crippen MR) is 222 cm³/mol. The van der Waals surface area contributed by atoms with Gasteiger partial charge in [0.25, 0.3) is 11.8 Å². The number of ether oxygens (including phenoxy) is 1. The molecule has 59 heavy (non-hydrogen) atoms. The fraction of sp³-hybridized carbons (Fsp3) is 0.413. The van der Waals surface area contributed by atoms with Crippen LogP contribution >= 0.6 is 0 Å². The summed E-state index contributed by atoms with van der Waals surface area (Å²) in [5.41, 5.74) is 6.86. The number of carbonyl (C=O) groups is 4. The minimum atomic E-state index is -0.962. The molecule has 3 saturated heterocycles. The van der Waals surface area contributed by atoms with Gasteiger partial charge in [-0.05, 0) is 124 Å². The van der Waals surface area contributed by atoms with Crippen molar-refractivity contribution in [3.05, 3.63) is 95.3 Å². The summed E-state index contributed by atoms with van der Waals surface area (Å²) in [5, 5.41) is 11.0. The van der Waals surface area contributed by atoms with Crippen LogP contribution in [0, 0.1) is 11.8 Å². The second-order valence-electron chi connectivity index (χ2n) is 17.4. The minimum Gasteiger partial charge on any atom is -0.488 e. The fourth-order valence-corrected chi connectivity index (χ4v) is 9.43. The van der Waals surface area contributed by atoms with Crippen LogP contribution in [-0.4, -0.2) is 86.5 Å². The highest BCUT2D eigenvalue weighted by Crippen LogP contribution is 2.41. The maximum absolute atomic E-state index is 13.4. The monoisotopic (exact) mass is 792 g/mol. The molecular weight excluding hydrogens is 745 g/mol. The molecule has 1 atom stereocenters. The van der Waals surface area contributed by atoms with Gasteiger partial charge in [-0.3, -0.25) is 34.5 Å². The summed E-state index contributed by atoms with van der Waals surface area (Å²) >= 11 is 0. The molecule has 302 valence electrons. The van der Waals surface area contributed by atoms with Crippen molar-refractivity contribution in [1.29, 1.82) is 0 Å². The van der Waals surface area contributed by atoms with Gasteiger partial charge in [0.15, 0.2) is 0 Å². The van der Waals surface area contributed by atoms with E-state index in [1.165, 1.54) is 11.1 Å². The first-order valence-corrected chi connectivity index (χ1v) is 21.1. The molecule has 5 aromatic rings. The Bertz CT molecular complexity index is 2480. The number of piperidine rings is 3. The molecule has 10 rings (SSSR count). The van der Waals surface area contributed by atoms with Gasteiger partial charge in [-0.15, -0.1) is 0 Å². The van der Waals surface area contributed by atoms with Crippen molar-refractivity contribution in [3.8, 4) is 17.1 Å². The van der Waals surface area contributed by atoms with Crippen molar-refractivity contribution in [2.75, 3.05) is 36.0 Å². The Kier molecular flexibility index (Phi) is 9.40. The average Bonchev–Trinajstić information content (AvgIpc) is 3.73. The van der Waals surface area contributed by atoms with E-state index in [1.54, 1.807) is 18.5 Å². The molecule has 2 aromatic heterocycles. The summed E-state index contributed by atoms with van der Waals surface area (Å²) in [4.78, 5) is 65.6. The van der Waals surface area contributed by atoms with E-state index >= 15 is 0 Å². The van der Waals surface area contributed by atoms with Crippen LogP contribution in [0.2, 0.25) is 0 Å². The van der Waals surface area contributed by atoms with Crippen molar-refractivity contribution in [1.82, 2.24) is 30.4 Å². The number of aromatic nitrogens is 4. The average molecular weight is 793 g/mol. The molecule has 0 spiro atoms. The summed E-state index contributed by atoms with van der Waals surface area (Å²) in [6.45, 7) is 5.77. The highest BCUT2D eigenvalue weighted by molar-refractivity contribution is 6.23. The van der Waals surface area contributed by atoms with Crippen molar-refractivity contribution in [2.24, 2.45) is 11.8 Å². The topological polar surface area (TPSA) is 154 Å². The van der Waals surface area contributed by atoms with Crippen molar-refractivity contribution < 1.29 is 23.9 Å². The van der Waals surface area contributed by atoms with Gasteiger partial charge in [0, 0.05) is 49.7 Å². The van der Waals surface area contributed by atoms with Gasteiger partial charge in [0.1, 0.15) is 35.2 Å². The van der Waals surface area contributed by atoms with Crippen LogP contribution in [0.15, 0.2) is 73.1 Å². The number of imide groups is 2. The first-order valence-electron chi connectivity index (χ1n) is 21.1. The fourth-order valence-electron chi connectivity index (χ4n) is 9.43. The number of benzene rings is 3. The number of aromatic amines is 1. The van der Waals surface area contributed by atoms with E-state index in [2.05, 4.69) is 78.6 Å². The van der Waals surface area contributed by atoms with Gasteiger partial charge >= 0.3 is 0 Å². The molecule has 5 aliphatic rings. The number of fused-ring (bicyclic) bond motifs is 2. The van der Waals surface area contributed by atoms with E-state index in [4.69, 9.17) is 4.74 Å². The van der Waals surface area contributed by atoms with Gasteiger partial charge in [-0.1, -0.05) is 24.3 Å². The van der Waals surface area contributed by atoms with E-state index in [-0.39, 0.29) is 24.3 Å². The Morgan fingerprint density at radius 2 is 1.47 bits per heavy atom.